The molecule has 7 N–H and O–H groups in total. The third-order valence-electron chi connectivity index (χ3n) is 9.41. The molecule has 0 amide bonds. The molecule has 0 radical (unpaired) electrons. The molecule has 2 saturated carbocycles. The van der Waals surface area contributed by atoms with Crippen molar-refractivity contribution in [1.29, 1.82) is 0 Å². The van der Waals surface area contributed by atoms with Gasteiger partial charge in [0, 0.05) is 37.8 Å². The van der Waals surface area contributed by atoms with Gasteiger partial charge in [-0.15, -0.1) is 0 Å². The molecule has 42 heavy (non-hydrogen) atoms. The standard InChI is InChI=1S/C29H56N9O3P/c1-22-20-37(21-23(2)38(22)16-7-17-42(39,40)41)29-35-27(30)34-28(36-29)33-19-25-12-10-24(11-13-25)18-31-14-6-15-32-26-8-4-3-5-9-26/h22-26,31-32H,3-21H2,1-2H3,(H2,39,40,41)(H3,30,33,34,35,36)/t22?,23?,24-,25-. The maximum Gasteiger partial charge on any atom is 0.325 e. The summed E-state index contributed by atoms with van der Waals surface area (Å²) in [7, 11) is -3.97. The van der Waals surface area contributed by atoms with Gasteiger partial charge in [0.1, 0.15) is 0 Å². The zero-order valence-corrected chi connectivity index (χ0v) is 26.8. The number of nitrogen functional groups attached to an aromatic ring is 1. The van der Waals surface area contributed by atoms with Crippen molar-refractivity contribution in [3.63, 3.8) is 0 Å². The Labute approximate surface area is 252 Å². The molecule has 2 atom stereocenters. The summed E-state index contributed by atoms with van der Waals surface area (Å²) >= 11 is 0. The fourth-order valence-electron chi connectivity index (χ4n) is 7.03. The first-order chi connectivity index (χ1) is 20.2. The van der Waals surface area contributed by atoms with Crippen molar-refractivity contribution < 1.29 is 14.4 Å². The fraction of sp³-hybridized carbons (Fsp3) is 0.897. The Kier molecular flexibility index (Phi) is 13.1. The van der Waals surface area contributed by atoms with Gasteiger partial charge >= 0.3 is 7.60 Å². The molecule has 3 fully saturated rings. The number of anilines is 3. The monoisotopic (exact) mass is 609 g/mol. The second-order valence-corrected chi connectivity index (χ2v) is 14.8. The van der Waals surface area contributed by atoms with Gasteiger partial charge < -0.3 is 36.4 Å². The van der Waals surface area contributed by atoms with Crippen LogP contribution in [0, 0.1) is 11.8 Å². The first-order valence-corrected chi connectivity index (χ1v) is 18.2. The lowest BCUT2D eigenvalue weighted by atomic mass is 9.82. The largest absolute Gasteiger partial charge is 0.368 e. The van der Waals surface area contributed by atoms with Crippen LogP contribution in [0.3, 0.4) is 0 Å². The number of rotatable bonds is 15. The maximum absolute atomic E-state index is 11.2. The molecule has 0 spiro atoms. The minimum Gasteiger partial charge on any atom is -0.368 e. The minimum atomic E-state index is -3.97. The number of nitrogens with zero attached hydrogens (tertiary/aromatic N) is 5. The van der Waals surface area contributed by atoms with Crippen LogP contribution in [0.4, 0.5) is 17.8 Å². The number of hydrogen-bond acceptors (Lipinski definition) is 10. The summed E-state index contributed by atoms with van der Waals surface area (Å²) in [5, 5.41) is 10.9. The topological polar surface area (TPSA) is 165 Å². The van der Waals surface area contributed by atoms with E-state index in [1.54, 1.807) is 0 Å². The summed E-state index contributed by atoms with van der Waals surface area (Å²) in [5.41, 5.74) is 6.09. The number of aromatic nitrogens is 3. The Morgan fingerprint density at radius 3 is 2.21 bits per heavy atom. The molecule has 2 aliphatic carbocycles. The maximum atomic E-state index is 11.2. The van der Waals surface area contributed by atoms with E-state index < -0.39 is 7.60 Å². The van der Waals surface area contributed by atoms with Gasteiger partial charge in [-0.05, 0) is 103 Å². The van der Waals surface area contributed by atoms with Crippen LogP contribution < -0.4 is 26.6 Å². The molecule has 13 heteroatoms. The van der Waals surface area contributed by atoms with E-state index in [0.717, 1.165) is 51.2 Å². The van der Waals surface area contributed by atoms with Gasteiger partial charge in [0.2, 0.25) is 17.8 Å². The van der Waals surface area contributed by atoms with Gasteiger partial charge in [0.05, 0.1) is 6.16 Å². The highest BCUT2D eigenvalue weighted by Crippen LogP contribution is 2.35. The molecule has 3 aliphatic rings. The normalized spacial score (nSPS) is 26.4. The minimum absolute atomic E-state index is 0.0809. The lowest BCUT2D eigenvalue weighted by Gasteiger charge is -2.44. The van der Waals surface area contributed by atoms with E-state index >= 15 is 0 Å². The van der Waals surface area contributed by atoms with Crippen molar-refractivity contribution in [2.24, 2.45) is 11.8 Å². The van der Waals surface area contributed by atoms with Crippen molar-refractivity contribution in [1.82, 2.24) is 30.5 Å². The molecular weight excluding hydrogens is 553 g/mol. The predicted octanol–water partition coefficient (Wildman–Crippen LogP) is 3.04. The van der Waals surface area contributed by atoms with Crippen LogP contribution in [-0.4, -0.2) is 99.7 Å². The van der Waals surface area contributed by atoms with E-state index in [0.29, 0.717) is 30.8 Å². The van der Waals surface area contributed by atoms with Crippen molar-refractivity contribution in [3.05, 3.63) is 0 Å². The fourth-order valence-corrected chi connectivity index (χ4v) is 7.58. The molecule has 1 aromatic rings. The number of nitrogens with one attached hydrogen (secondary N) is 3. The Balaban J connectivity index is 1.13. The van der Waals surface area contributed by atoms with Gasteiger partial charge in [-0.25, -0.2) is 0 Å². The molecule has 240 valence electrons. The zero-order chi connectivity index (χ0) is 30.0. The number of hydrogen-bond donors (Lipinski definition) is 6. The first-order valence-electron chi connectivity index (χ1n) is 16.4. The third-order valence-corrected chi connectivity index (χ3v) is 10.3. The molecule has 2 unspecified atom stereocenters. The number of piperazine rings is 1. The molecule has 1 aliphatic heterocycles. The van der Waals surface area contributed by atoms with Crippen molar-refractivity contribution in [2.75, 3.05) is 67.9 Å². The summed E-state index contributed by atoms with van der Waals surface area (Å²) < 4.78 is 11.2. The van der Waals surface area contributed by atoms with E-state index in [1.165, 1.54) is 64.2 Å². The second-order valence-electron chi connectivity index (χ2n) is 13.0. The third kappa shape index (κ3) is 11.2. The highest BCUT2D eigenvalue weighted by Gasteiger charge is 2.31. The van der Waals surface area contributed by atoms with Gasteiger partial charge in [-0.2, -0.15) is 15.0 Å². The first kappa shape index (κ1) is 33.3. The molecule has 2 heterocycles. The highest BCUT2D eigenvalue weighted by molar-refractivity contribution is 7.51. The molecule has 12 nitrogen and oxygen atoms in total. The summed E-state index contributed by atoms with van der Waals surface area (Å²) in [4.78, 5) is 36.3. The van der Waals surface area contributed by atoms with E-state index in [1.807, 2.05) is 0 Å². The predicted molar refractivity (Wildman–Crippen MR) is 170 cm³/mol. The molecule has 0 aromatic carbocycles. The molecule has 1 saturated heterocycles. The van der Waals surface area contributed by atoms with E-state index in [2.05, 4.69) is 49.6 Å². The number of nitrogens with two attached hydrogens (primary N) is 1. The SMILES string of the molecule is CC1CN(c2nc(N)nc(NC[C@H]3CC[C@H](CNCCCNC4CCCCC4)CC3)n2)CC(C)N1CCCP(=O)(O)O. The Morgan fingerprint density at radius 2 is 1.55 bits per heavy atom. The van der Waals surface area contributed by atoms with E-state index in [4.69, 9.17) is 10.7 Å². The quantitative estimate of drug-likeness (QED) is 0.127. The van der Waals surface area contributed by atoms with Crippen LogP contribution in [0.25, 0.3) is 0 Å². The van der Waals surface area contributed by atoms with Crippen molar-refractivity contribution in [2.45, 2.75) is 103 Å². The molecular formula is C29H56N9O3P. The summed E-state index contributed by atoms with van der Waals surface area (Å²) in [5.74, 6) is 2.72. The van der Waals surface area contributed by atoms with Crippen LogP contribution in [0.5, 0.6) is 0 Å². The van der Waals surface area contributed by atoms with Gasteiger partial charge in [0.15, 0.2) is 0 Å². The zero-order valence-electron chi connectivity index (χ0n) is 25.9. The lowest BCUT2D eigenvalue weighted by molar-refractivity contribution is 0.131. The summed E-state index contributed by atoms with van der Waals surface area (Å²) in [6.45, 7) is 10.6. The van der Waals surface area contributed by atoms with E-state index in [-0.39, 0.29) is 24.2 Å². The summed E-state index contributed by atoms with van der Waals surface area (Å²) in [6.07, 6.45) is 13.5. The Hall–Kier alpha value is -1.56. The van der Waals surface area contributed by atoms with Crippen LogP contribution in [0.15, 0.2) is 0 Å². The smallest absolute Gasteiger partial charge is 0.325 e. The average Bonchev–Trinajstić information content (AvgIpc) is 2.95. The average molecular weight is 610 g/mol. The highest BCUT2D eigenvalue weighted by atomic mass is 31.2. The van der Waals surface area contributed by atoms with Crippen LogP contribution >= 0.6 is 7.60 Å². The van der Waals surface area contributed by atoms with Gasteiger partial charge in [-0.1, -0.05) is 19.3 Å². The molecule has 0 bridgehead atoms. The second kappa shape index (κ2) is 16.5. The Morgan fingerprint density at radius 1 is 0.881 bits per heavy atom. The van der Waals surface area contributed by atoms with E-state index in [9.17, 15) is 14.4 Å². The van der Waals surface area contributed by atoms with Crippen LogP contribution in [-0.2, 0) is 4.57 Å². The van der Waals surface area contributed by atoms with Crippen LogP contribution in [0.2, 0.25) is 0 Å². The molecule has 1 aromatic heterocycles. The van der Waals surface area contributed by atoms with Gasteiger partial charge in [-0.3, -0.25) is 9.46 Å². The molecule has 4 rings (SSSR count). The van der Waals surface area contributed by atoms with Gasteiger partial charge in [0.25, 0.3) is 0 Å². The van der Waals surface area contributed by atoms with Crippen molar-refractivity contribution in [3.8, 4) is 0 Å². The van der Waals surface area contributed by atoms with Crippen molar-refractivity contribution >= 4 is 25.4 Å². The Bertz CT molecular complexity index is 973. The summed E-state index contributed by atoms with van der Waals surface area (Å²) in [6, 6.07) is 1.15. The lowest BCUT2D eigenvalue weighted by Crippen LogP contribution is -2.57. The van der Waals surface area contributed by atoms with Crippen LogP contribution in [0.1, 0.15) is 84.5 Å².